The molecule has 0 aliphatic carbocycles. The van der Waals surface area contributed by atoms with E-state index in [1.165, 1.54) is 0 Å². The first kappa shape index (κ1) is 13.4. The fourth-order valence-electron chi connectivity index (χ4n) is 0.412. The van der Waals surface area contributed by atoms with E-state index in [2.05, 4.69) is 9.05 Å². The second-order valence-electron chi connectivity index (χ2n) is 2.22. The third-order valence-corrected chi connectivity index (χ3v) is 1.81. The lowest BCUT2D eigenvalue weighted by Crippen LogP contribution is -2.12. The van der Waals surface area contributed by atoms with Crippen molar-refractivity contribution < 1.29 is 33.4 Å². The molecule has 0 aliphatic heterocycles. The summed E-state index contributed by atoms with van der Waals surface area (Å²) in [4.78, 5) is 20.9. The third-order valence-electron chi connectivity index (χ3n) is 1.05. The van der Waals surface area contributed by atoms with Crippen molar-refractivity contribution in [3.05, 3.63) is 0 Å². The van der Waals surface area contributed by atoms with Crippen LogP contribution in [0.25, 0.3) is 0 Å². The van der Waals surface area contributed by atoms with Crippen molar-refractivity contribution in [2.75, 3.05) is 26.4 Å². The van der Waals surface area contributed by atoms with Crippen LogP contribution in [0, 0.1) is 0 Å². The van der Waals surface area contributed by atoms with Gasteiger partial charge in [-0.1, -0.05) is 0 Å². The van der Waals surface area contributed by atoms with Crippen molar-refractivity contribution >= 4 is 19.8 Å². The number of carbonyl (C=O) groups is 2. The first-order valence-electron chi connectivity index (χ1n) is 3.64. The Kier molecular flexibility index (Phi) is 7.45. The van der Waals surface area contributed by atoms with Crippen LogP contribution < -0.4 is 0 Å². The van der Waals surface area contributed by atoms with E-state index in [4.69, 9.17) is 10.2 Å². The van der Waals surface area contributed by atoms with Gasteiger partial charge >= 0.3 is 8.25 Å². The summed E-state index contributed by atoms with van der Waals surface area (Å²) >= 11 is 0. The predicted molar refractivity (Wildman–Crippen MR) is 45.1 cm³/mol. The molecule has 0 saturated carbocycles. The van der Waals surface area contributed by atoms with Crippen molar-refractivity contribution in [1.82, 2.24) is 0 Å². The predicted octanol–water partition coefficient (Wildman–Crippen LogP) is -1.47. The molecule has 0 aromatic carbocycles. The molecule has 0 saturated heterocycles. The van der Waals surface area contributed by atoms with Gasteiger partial charge in [0.25, 0.3) is 0 Å². The number of Topliss-reactive ketones (excluding diaryl/α,β-unsaturated/α-hetero) is 2. The molecule has 0 fully saturated rings. The van der Waals surface area contributed by atoms with Gasteiger partial charge in [0.15, 0.2) is 11.6 Å². The number of aliphatic hydroxyl groups is 2. The van der Waals surface area contributed by atoms with Gasteiger partial charge in [-0.05, 0) is 0 Å². The molecular formula is C6H11O7P. The van der Waals surface area contributed by atoms with Gasteiger partial charge in [0.05, 0.1) is 0 Å². The Bertz CT molecular complexity index is 204. The van der Waals surface area contributed by atoms with E-state index in [1.807, 2.05) is 0 Å². The molecule has 0 aromatic rings. The fraction of sp³-hybridized carbons (Fsp3) is 0.667. The minimum Gasteiger partial charge on any atom is -0.388 e. The molecule has 82 valence electrons. The topological polar surface area (TPSA) is 110 Å². The third kappa shape index (κ3) is 6.88. The zero-order valence-corrected chi connectivity index (χ0v) is 8.26. The Balaban J connectivity index is 3.56. The van der Waals surface area contributed by atoms with Crippen molar-refractivity contribution in [3.63, 3.8) is 0 Å². The number of ketones is 2. The van der Waals surface area contributed by atoms with Gasteiger partial charge in [0.1, 0.15) is 26.4 Å². The molecule has 0 bridgehead atoms. The molecule has 0 radical (unpaired) electrons. The van der Waals surface area contributed by atoms with E-state index >= 15 is 0 Å². The summed E-state index contributed by atoms with van der Waals surface area (Å²) in [5, 5.41) is 16.5. The van der Waals surface area contributed by atoms with E-state index in [0.29, 0.717) is 0 Å². The standard InChI is InChI=1S/C6H11O7P/c7-1-5(9)3-12-14(11)13-4-6(10)2-8/h7-8,14H,1-4H2. The van der Waals surface area contributed by atoms with E-state index in [1.54, 1.807) is 0 Å². The molecule has 2 N–H and O–H groups in total. The van der Waals surface area contributed by atoms with Gasteiger partial charge in [-0.25, -0.2) is 0 Å². The maximum Gasteiger partial charge on any atom is 0.319 e. The monoisotopic (exact) mass is 226 g/mol. The van der Waals surface area contributed by atoms with Gasteiger partial charge in [-0.2, -0.15) is 0 Å². The second kappa shape index (κ2) is 7.78. The molecule has 14 heavy (non-hydrogen) atoms. The number of rotatable bonds is 8. The zero-order valence-electron chi connectivity index (χ0n) is 7.26. The summed E-state index contributed by atoms with van der Waals surface area (Å²) in [5.74, 6) is -1.28. The Labute approximate surface area is 80.6 Å². The lowest BCUT2D eigenvalue weighted by atomic mass is 10.5. The summed E-state index contributed by atoms with van der Waals surface area (Å²) in [7, 11) is -2.91. The van der Waals surface area contributed by atoms with Crippen molar-refractivity contribution in [1.29, 1.82) is 0 Å². The highest BCUT2D eigenvalue weighted by molar-refractivity contribution is 7.33. The largest absolute Gasteiger partial charge is 0.388 e. The summed E-state index contributed by atoms with van der Waals surface area (Å²) in [6.07, 6.45) is 0. The van der Waals surface area contributed by atoms with E-state index in [0.717, 1.165) is 0 Å². The van der Waals surface area contributed by atoms with Crippen LogP contribution in [0.4, 0.5) is 0 Å². The van der Waals surface area contributed by atoms with Crippen LogP contribution in [0.1, 0.15) is 0 Å². The SMILES string of the molecule is O=C(CO)CO[PH](=O)OCC(=O)CO. The maximum absolute atomic E-state index is 10.8. The van der Waals surface area contributed by atoms with E-state index in [9.17, 15) is 14.2 Å². The first-order chi connectivity index (χ1) is 6.60. The van der Waals surface area contributed by atoms with Crippen LogP contribution in [-0.2, 0) is 23.2 Å². The Morgan fingerprint density at radius 2 is 1.36 bits per heavy atom. The van der Waals surface area contributed by atoms with Gasteiger partial charge in [0, 0.05) is 0 Å². The average molecular weight is 226 g/mol. The molecule has 0 aliphatic rings. The van der Waals surface area contributed by atoms with Crippen LogP contribution in [0.5, 0.6) is 0 Å². The number of hydrogen-bond donors (Lipinski definition) is 2. The van der Waals surface area contributed by atoms with Gasteiger partial charge in [-0.15, -0.1) is 0 Å². The van der Waals surface area contributed by atoms with Gasteiger partial charge in [-0.3, -0.25) is 14.2 Å². The Morgan fingerprint density at radius 3 is 1.64 bits per heavy atom. The Hall–Kier alpha value is -0.590. The molecule has 8 heteroatoms. The fourth-order valence-corrected chi connectivity index (χ4v) is 1.05. The van der Waals surface area contributed by atoms with Gasteiger partial charge < -0.3 is 19.3 Å². The van der Waals surface area contributed by atoms with E-state index < -0.39 is 46.2 Å². The highest BCUT2D eigenvalue weighted by atomic mass is 31.1. The minimum atomic E-state index is -2.91. The molecule has 0 aromatic heterocycles. The lowest BCUT2D eigenvalue weighted by Gasteiger charge is -2.02. The summed E-state index contributed by atoms with van der Waals surface area (Å²) in [6, 6.07) is 0. The van der Waals surface area contributed by atoms with E-state index in [-0.39, 0.29) is 0 Å². The molecule has 0 rings (SSSR count). The van der Waals surface area contributed by atoms with Crippen molar-refractivity contribution in [2.24, 2.45) is 0 Å². The number of carbonyl (C=O) groups excluding carboxylic acids is 2. The second-order valence-corrected chi connectivity index (χ2v) is 3.30. The number of aliphatic hydroxyl groups excluding tert-OH is 2. The maximum atomic E-state index is 10.8. The van der Waals surface area contributed by atoms with Gasteiger partial charge in [0.2, 0.25) is 0 Å². The molecule has 0 amide bonds. The molecule has 0 heterocycles. The van der Waals surface area contributed by atoms with Crippen LogP contribution in [0.15, 0.2) is 0 Å². The smallest absolute Gasteiger partial charge is 0.319 e. The van der Waals surface area contributed by atoms with Crippen molar-refractivity contribution in [3.8, 4) is 0 Å². The molecule has 7 nitrogen and oxygen atoms in total. The minimum absolute atomic E-state index is 0.526. The van der Waals surface area contributed by atoms with Crippen molar-refractivity contribution in [2.45, 2.75) is 0 Å². The quantitative estimate of drug-likeness (QED) is 0.486. The highest BCUT2D eigenvalue weighted by Gasteiger charge is 2.07. The molecular weight excluding hydrogens is 215 g/mol. The first-order valence-corrected chi connectivity index (χ1v) is 4.87. The van der Waals surface area contributed by atoms with Crippen LogP contribution in [0.3, 0.4) is 0 Å². The zero-order chi connectivity index (χ0) is 11.0. The molecule has 0 atom stereocenters. The van der Waals surface area contributed by atoms with Crippen LogP contribution in [0.2, 0.25) is 0 Å². The summed E-state index contributed by atoms with van der Waals surface area (Å²) < 4.78 is 19.5. The average Bonchev–Trinajstić information content (AvgIpc) is 2.22. The van der Waals surface area contributed by atoms with Crippen LogP contribution in [-0.4, -0.2) is 48.2 Å². The highest BCUT2D eigenvalue weighted by Crippen LogP contribution is 2.22. The summed E-state index contributed by atoms with van der Waals surface area (Å²) in [5.41, 5.74) is 0. The lowest BCUT2D eigenvalue weighted by molar-refractivity contribution is -0.124. The number of hydrogen-bond acceptors (Lipinski definition) is 7. The Morgan fingerprint density at radius 1 is 1.00 bits per heavy atom. The molecule has 0 spiro atoms. The molecule has 0 unspecified atom stereocenters. The van der Waals surface area contributed by atoms with Crippen LogP contribution >= 0.6 is 8.25 Å². The normalized spacial score (nSPS) is 10.5. The summed E-state index contributed by atoms with van der Waals surface area (Å²) in [6.45, 7) is -2.46.